The van der Waals surface area contributed by atoms with E-state index in [0.717, 1.165) is 23.5 Å². The first-order valence-electron chi connectivity index (χ1n) is 10.6. The molecule has 3 heteroatoms. The van der Waals surface area contributed by atoms with Gasteiger partial charge in [-0.1, -0.05) is 63.2 Å². The lowest BCUT2D eigenvalue weighted by molar-refractivity contribution is -0.128. The third-order valence-electron chi connectivity index (χ3n) is 5.23. The van der Waals surface area contributed by atoms with Crippen molar-refractivity contribution in [2.24, 2.45) is 0 Å². The van der Waals surface area contributed by atoms with Gasteiger partial charge in [-0.2, -0.15) is 0 Å². The first kappa shape index (κ1) is 21.4. The summed E-state index contributed by atoms with van der Waals surface area (Å²) >= 11 is 0. The molecule has 3 aromatic rings. The third-order valence-corrected chi connectivity index (χ3v) is 5.23. The van der Waals surface area contributed by atoms with Crippen molar-refractivity contribution >= 4 is 23.0 Å². The van der Waals surface area contributed by atoms with Crippen LogP contribution in [-0.4, -0.2) is 5.97 Å². The van der Waals surface area contributed by atoms with Gasteiger partial charge in [0.2, 0.25) is 0 Å². The lowest BCUT2D eigenvalue weighted by atomic mass is 9.92. The average Bonchev–Trinajstić information content (AvgIpc) is 2.79. The van der Waals surface area contributed by atoms with Gasteiger partial charge in [0.15, 0.2) is 0 Å². The Labute approximate surface area is 179 Å². The first-order chi connectivity index (χ1) is 14.7. The fraction of sp³-hybridized carbons (Fsp3) is 0.222. The molecule has 0 saturated carbocycles. The van der Waals surface area contributed by atoms with Gasteiger partial charge in [0.05, 0.1) is 0 Å². The average molecular weight is 400 g/mol. The van der Waals surface area contributed by atoms with Crippen LogP contribution in [-0.2, 0) is 4.79 Å². The van der Waals surface area contributed by atoms with Crippen molar-refractivity contribution in [3.8, 4) is 5.75 Å². The largest absolute Gasteiger partial charge is 0.423 e. The van der Waals surface area contributed by atoms with Crippen LogP contribution < -0.4 is 9.64 Å². The summed E-state index contributed by atoms with van der Waals surface area (Å²) < 4.78 is 5.33. The van der Waals surface area contributed by atoms with E-state index in [2.05, 4.69) is 61.7 Å². The van der Waals surface area contributed by atoms with Crippen LogP contribution in [0.2, 0.25) is 0 Å². The molecule has 1 atom stereocenters. The Balaban J connectivity index is 2.00. The van der Waals surface area contributed by atoms with Crippen LogP contribution in [0.1, 0.15) is 44.6 Å². The smallest absolute Gasteiger partial charge is 0.335 e. The van der Waals surface area contributed by atoms with Gasteiger partial charge in [0, 0.05) is 29.2 Å². The van der Waals surface area contributed by atoms with Crippen molar-refractivity contribution in [3.05, 3.63) is 97.1 Å². The molecule has 0 radical (unpaired) electrons. The number of nitrogens with zero attached hydrogens (tertiary/aromatic N) is 1. The van der Waals surface area contributed by atoms with E-state index in [0.29, 0.717) is 11.7 Å². The lowest BCUT2D eigenvalue weighted by Gasteiger charge is -2.26. The highest BCUT2D eigenvalue weighted by atomic mass is 16.5. The summed E-state index contributed by atoms with van der Waals surface area (Å²) in [5.41, 5.74) is 4.40. The molecule has 0 aliphatic heterocycles. The molecule has 0 bridgehead atoms. The highest BCUT2D eigenvalue weighted by Crippen LogP contribution is 2.37. The van der Waals surface area contributed by atoms with Crippen LogP contribution >= 0.6 is 0 Å². The molecule has 0 heterocycles. The maximum atomic E-state index is 11.6. The van der Waals surface area contributed by atoms with Crippen LogP contribution in [0.25, 0.3) is 0 Å². The van der Waals surface area contributed by atoms with Crippen LogP contribution in [0, 0.1) is 0 Å². The number of hydrogen-bond acceptors (Lipinski definition) is 3. The number of rotatable bonds is 9. The zero-order valence-electron chi connectivity index (χ0n) is 17.8. The molecule has 30 heavy (non-hydrogen) atoms. The van der Waals surface area contributed by atoms with Gasteiger partial charge >= 0.3 is 5.97 Å². The molecule has 0 aromatic heterocycles. The Morgan fingerprint density at radius 1 is 0.933 bits per heavy atom. The van der Waals surface area contributed by atoms with Crippen molar-refractivity contribution in [2.75, 3.05) is 4.90 Å². The molecule has 0 aliphatic rings. The first-order valence-corrected chi connectivity index (χ1v) is 10.6. The van der Waals surface area contributed by atoms with Gasteiger partial charge in [-0.05, 0) is 60.7 Å². The second kappa shape index (κ2) is 10.4. The van der Waals surface area contributed by atoms with E-state index in [9.17, 15) is 4.79 Å². The molecular formula is C27H29NO2. The Bertz CT molecular complexity index is 964. The summed E-state index contributed by atoms with van der Waals surface area (Å²) in [5.74, 6) is 0.615. The van der Waals surface area contributed by atoms with Crippen LogP contribution in [0.5, 0.6) is 5.75 Å². The highest BCUT2D eigenvalue weighted by Gasteiger charge is 2.15. The lowest BCUT2D eigenvalue weighted by Crippen LogP contribution is -2.11. The molecule has 0 N–H and O–H groups in total. The zero-order valence-corrected chi connectivity index (χ0v) is 17.8. The predicted octanol–water partition coefficient (Wildman–Crippen LogP) is 7.54. The standard InChI is InChI=1S/C27H29NO2/c1-4-11-21(5-2)22-16-18-24(19-17-22)28(23-12-8-7-9-13-23)25-14-10-15-26(20-25)30-27(29)6-3/h6-10,12-21H,3-5,11H2,1-2H3. The highest BCUT2D eigenvalue weighted by molar-refractivity contribution is 5.84. The molecule has 0 saturated heterocycles. The van der Waals surface area contributed by atoms with E-state index < -0.39 is 5.97 Å². The van der Waals surface area contributed by atoms with E-state index in [1.807, 2.05) is 36.4 Å². The second-order valence-electron chi connectivity index (χ2n) is 7.28. The number of ether oxygens (including phenoxy) is 1. The molecule has 0 fully saturated rings. The fourth-order valence-electron chi connectivity index (χ4n) is 3.72. The number of para-hydroxylation sites is 1. The van der Waals surface area contributed by atoms with Crippen LogP contribution in [0.4, 0.5) is 17.1 Å². The second-order valence-corrected chi connectivity index (χ2v) is 7.28. The Kier molecular flexibility index (Phi) is 7.45. The quantitative estimate of drug-likeness (QED) is 0.211. The van der Waals surface area contributed by atoms with E-state index >= 15 is 0 Å². The van der Waals surface area contributed by atoms with E-state index in [1.54, 1.807) is 6.07 Å². The summed E-state index contributed by atoms with van der Waals surface area (Å²) in [5, 5.41) is 0. The predicted molar refractivity (Wildman–Crippen MR) is 125 cm³/mol. The maximum absolute atomic E-state index is 11.6. The van der Waals surface area contributed by atoms with Crippen molar-refractivity contribution in [3.63, 3.8) is 0 Å². The van der Waals surface area contributed by atoms with Crippen molar-refractivity contribution in [1.29, 1.82) is 0 Å². The molecule has 3 rings (SSSR count). The SMILES string of the molecule is C=CC(=O)Oc1cccc(N(c2ccccc2)c2ccc(C(CC)CCC)cc2)c1. The molecule has 0 amide bonds. The summed E-state index contributed by atoms with van der Waals surface area (Å²) in [7, 11) is 0. The Hall–Kier alpha value is -3.33. The van der Waals surface area contributed by atoms with Gasteiger partial charge in [-0.15, -0.1) is 0 Å². The zero-order chi connectivity index (χ0) is 21.3. The van der Waals surface area contributed by atoms with Gasteiger partial charge in [-0.25, -0.2) is 4.79 Å². The van der Waals surface area contributed by atoms with E-state index in [1.165, 1.54) is 24.5 Å². The molecule has 3 nitrogen and oxygen atoms in total. The minimum atomic E-state index is -0.468. The summed E-state index contributed by atoms with van der Waals surface area (Å²) in [6.07, 6.45) is 4.70. The molecule has 0 spiro atoms. The van der Waals surface area contributed by atoms with E-state index in [-0.39, 0.29) is 0 Å². The molecular weight excluding hydrogens is 370 g/mol. The van der Waals surface area contributed by atoms with Crippen LogP contribution in [0.15, 0.2) is 91.5 Å². The number of carbonyl (C=O) groups excluding carboxylic acids is 1. The number of hydrogen-bond donors (Lipinski definition) is 0. The number of benzene rings is 3. The maximum Gasteiger partial charge on any atom is 0.335 e. The third kappa shape index (κ3) is 5.18. The Morgan fingerprint density at radius 3 is 2.23 bits per heavy atom. The summed E-state index contributed by atoms with van der Waals surface area (Å²) in [6.45, 7) is 7.95. The normalized spacial score (nSPS) is 11.5. The minimum Gasteiger partial charge on any atom is -0.423 e. The Morgan fingerprint density at radius 2 is 1.60 bits per heavy atom. The monoisotopic (exact) mass is 399 g/mol. The number of anilines is 3. The number of carbonyl (C=O) groups is 1. The molecule has 0 aliphatic carbocycles. The molecule has 1 unspecified atom stereocenters. The van der Waals surface area contributed by atoms with E-state index in [4.69, 9.17) is 4.74 Å². The van der Waals surface area contributed by atoms with Gasteiger partial charge < -0.3 is 9.64 Å². The van der Waals surface area contributed by atoms with Gasteiger partial charge in [0.25, 0.3) is 0 Å². The van der Waals surface area contributed by atoms with Crippen molar-refractivity contribution in [2.45, 2.75) is 39.0 Å². The van der Waals surface area contributed by atoms with Crippen LogP contribution in [0.3, 0.4) is 0 Å². The van der Waals surface area contributed by atoms with Crippen molar-refractivity contribution in [1.82, 2.24) is 0 Å². The molecule has 154 valence electrons. The number of esters is 1. The fourth-order valence-corrected chi connectivity index (χ4v) is 3.72. The van der Waals surface area contributed by atoms with Gasteiger partial charge in [-0.3, -0.25) is 0 Å². The van der Waals surface area contributed by atoms with Gasteiger partial charge in [0.1, 0.15) is 5.75 Å². The topological polar surface area (TPSA) is 29.5 Å². The minimum absolute atomic E-state index is 0.468. The summed E-state index contributed by atoms with van der Waals surface area (Å²) in [6, 6.07) is 26.5. The molecule has 3 aromatic carbocycles. The summed E-state index contributed by atoms with van der Waals surface area (Å²) in [4.78, 5) is 13.8. The van der Waals surface area contributed by atoms with Crippen molar-refractivity contribution < 1.29 is 9.53 Å².